The Morgan fingerprint density at radius 1 is 1.50 bits per heavy atom. The van der Waals surface area contributed by atoms with E-state index in [9.17, 15) is 9.59 Å². The molecule has 0 saturated carbocycles. The summed E-state index contributed by atoms with van der Waals surface area (Å²) in [5.41, 5.74) is 0.968. The first-order valence-electron chi connectivity index (χ1n) is 6.32. The van der Waals surface area contributed by atoms with Crippen molar-refractivity contribution in [3.05, 3.63) is 42.5 Å². The molecule has 20 heavy (non-hydrogen) atoms. The molecule has 1 aromatic carbocycles. The van der Waals surface area contributed by atoms with Crippen LogP contribution in [-0.2, 0) is 16.0 Å². The first-order valence-corrected chi connectivity index (χ1v) is 6.32. The van der Waals surface area contributed by atoms with Crippen LogP contribution in [0.3, 0.4) is 0 Å². The van der Waals surface area contributed by atoms with Gasteiger partial charge in [0.25, 0.3) is 0 Å². The zero-order valence-electron chi connectivity index (χ0n) is 11.5. The molecule has 0 aliphatic carbocycles. The number of nitrogens with one attached hydrogen (secondary N) is 1. The second kappa shape index (κ2) is 7.99. The van der Waals surface area contributed by atoms with Gasteiger partial charge in [-0.3, -0.25) is 4.79 Å². The Balaban J connectivity index is 2.49. The summed E-state index contributed by atoms with van der Waals surface area (Å²) in [6, 6.07) is 6.52. The number of rotatable bonds is 8. The average Bonchev–Trinajstić information content (AvgIpc) is 2.44. The molecule has 1 rings (SSSR count). The van der Waals surface area contributed by atoms with E-state index in [4.69, 9.17) is 9.84 Å². The van der Waals surface area contributed by atoms with Crippen LogP contribution >= 0.6 is 0 Å². The fraction of sp³-hybridized carbons (Fsp3) is 0.333. The van der Waals surface area contributed by atoms with Gasteiger partial charge in [0, 0.05) is 6.42 Å². The number of methoxy groups -OCH3 is 1. The number of carbonyl (C=O) groups excluding carboxylic acids is 1. The summed E-state index contributed by atoms with van der Waals surface area (Å²) in [6.07, 6.45) is 2.44. The van der Waals surface area contributed by atoms with Crippen molar-refractivity contribution in [2.45, 2.75) is 25.3 Å². The number of hydrogen-bond acceptors (Lipinski definition) is 3. The van der Waals surface area contributed by atoms with Crippen LogP contribution in [0.4, 0.5) is 0 Å². The first kappa shape index (κ1) is 15.8. The molecule has 5 heteroatoms. The van der Waals surface area contributed by atoms with Gasteiger partial charge in [-0.2, -0.15) is 0 Å². The molecular formula is C15H19NO4. The number of aryl methyl sites for hydroxylation is 1. The summed E-state index contributed by atoms with van der Waals surface area (Å²) in [6.45, 7) is 3.47. The Kier molecular flexibility index (Phi) is 6.29. The van der Waals surface area contributed by atoms with E-state index < -0.39 is 12.0 Å². The molecule has 1 amide bonds. The van der Waals surface area contributed by atoms with Gasteiger partial charge in [0.2, 0.25) is 5.91 Å². The summed E-state index contributed by atoms with van der Waals surface area (Å²) >= 11 is 0. The van der Waals surface area contributed by atoms with E-state index >= 15 is 0 Å². The highest BCUT2D eigenvalue weighted by molar-refractivity contribution is 5.83. The van der Waals surface area contributed by atoms with E-state index in [1.165, 1.54) is 6.08 Å². The maximum absolute atomic E-state index is 11.7. The lowest BCUT2D eigenvalue weighted by atomic mass is 10.1. The van der Waals surface area contributed by atoms with Crippen LogP contribution < -0.4 is 10.1 Å². The first-order chi connectivity index (χ1) is 9.56. The van der Waals surface area contributed by atoms with Gasteiger partial charge in [-0.15, -0.1) is 6.58 Å². The zero-order valence-corrected chi connectivity index (χ0v) is 11.5. The smallest absolute Gasteiger partial charge is 0.326 e. The van der Waals surface area contributed by atoms with Gasteiger partial charge in [-0.05, 0) is 30.5 Å². The monoisotopic (exact) mass is 277 g/mol. The number of hydrogen-bond donors (Lipinski definition) is 2. The summed E-state index contributed by atoms with van der Waals surface area (Å²) < 4.78 is 5.10. The summed E-state index contributed by atoms with van der Waals surface area (Å²) in [7, 11) is 1.58. The number of benzene rings is 1. The minimum atomic E-state index is -1.06. The van der Waals surface area contributed by atoms with Crippen molar-refractivity contribution in [1.82, 2.24) is 5.32 Å². The summed E-state index contributed by atoms with van der Waals surface area (Å²) in [5.74, 6) is -0.611. The Morgan fingerprint density at radius 2 is 2.25 bits per heavy atom. The van der Waals surface area contributed by atoms with Crippen LogP contribution in [0.1, 0.15) is 18.4 Å². The van der Waals surface area contributed by atoms with E-state index in [1.807, 2.05) is 24.3 Å². The van der Waals surface area contributed by atoms with Crippen molar-refractivity contribution in [2.24, 2.45) is 0 Å². The van der Waals surface area contributed by atoms with Crippen molar-refractivity contribution >= 4 is 11.9 Å². The van der Waals surface area contributed by atoms with E-state index in [1.54, 1.807) is 7.11 Å². The number of aliphatic carboxylic acids is 1. The van der Waals surface area contributed by atoms with Gasteiger partial charge in [0.15, 0.2) is 0 Å². The normalized spacial score (nSPS) is 11.4. The lowest BCUT2D eigenvalue weighted by Crippen LogP contribution is -2.40. The van der Waals surface area contributed by atoms with Crippen molar-refractivity contribution in [2.75, 3.05) is 7.11 Å². The van der Waals surface area contributed by atoms with Gasteiger partial charge in [0.1, 0.15) is 11.8 Å². The van der Waals surface area contributed by atoms with Gasteiger partial charge >= 0.3 is 5.97 Å². The average molecular weight is 277 g/mol. The molecule has 1 unspecified atom stereocenters. The topological polar surface area (TPSA) is 75.6 Å². The molecule has 0 fully saturated rings. The molecule has 2 N–H and O–H groups in total. The summed E-state index contributed by atoms with van der Waals surface area (Å²) in [4.78, 5) is 22.6. The van der Waals surface area contributed by atoms with Gasteiger partial charge in [-0.25, -0.2) is 4.79 Å². The van der Waals surface area contributed by atoms with Crippen molar-refractivity contribution in [3.63, 3.8) is 0 Å². The molecule has 1 atom stereocenters. The van der Waals surface area contributed by atoms with Crippen molar-refractivity contribution in [3.8, 4) is 5.75 Å². The molecule has 0 spiro atoms. The lowest BCUT2D eigenvalue weighted by Gasteiger charge is -2.12. The molecule has 0 radical (unpaired) electrons. The third kappa shape index (κ3) is 5.14. The van der Waals surface area contributed by atoms with Crippen LogP contribution in [0.2, 0.25) is 0 Å². The number of amides is 1. The molecule has 5 nitrogen and oxygen atoms in total. The van der Waals surface area contributed by atoms with Crippen LogP contribution in [0, 0.1) is 0 Å². The summed E-state index contributed by atoms with van der Waals surface area (Å²) in [5, 5.41) is 11.4. The van der Waals surface area contributed by atoms with Crippen LogP contribution in [0.15, 0.2) is 36.9 Å². The zero-order chi connectivity index (χ0) is 15.0. The predicted molar refractivity (Wildman–Crippen MR) is 75.7 cm³/mol. The molecule has 0 aliphatic heterocycles. The highest BCUT2D eigenvalue weighted by Gasteiger charge is 2.17. The molecule has 0 heterocycles. The number of carboxylic acid groups (broad SMARTS) is 1. The maximum atomic E-state index is 11.7. The Hall–Kier alpha value is -2.30. The molecule has 0 aliphatic rings. The van der Waals surface area contributed by atoms with E-state index in [0.717, 1.165) is 11.3 Å². The second-order valence-electron chi connectivity index (χ2n) is 4.33. The van der Waals surface area contributed by atoms with E-state index in [0.29, 0.717) is 6.42 Å². The van der Waals surface area contributed by atoms with E-state index in [2.05, 4.69) is 11.9 Å². The van der Waals surface area contributed by atoms with Crippen molar-refractivity contribution < 1.29 is 19.4 Å². The second-order valence-corrected chi connectivity index (χ2v) is 4.33. The Bertz CT molecular complexity index is 485. The van der Waals surface area contributed by atoms with Gasteiger partial charge < -0.3 is 15.2 Å². The van der Waals surface area contributed by atoms with Crippen LogP contribution in [0.5, 0.6) is 5.75 Å². The SMILES string of the molecule is C=CCC(NC(=O)CCc1cccc(OC)c1)C(=O)O. The fourth-order valence-corrected chi connectivity index (χ4v) is 1.74. The van der Waals surface area contributed by atoms with Gasteiger partial charge in [-0.1, -0.05) is 18.2 Å². The standard InChI is InChI=1S/C15H19NO4/c1-3-5-13(15(18)19)16-14(17)9-8-11-6-4-7-12(10-11)20-2/h3-4,6-7,10,13H,1,5,8-9H2,2H3,(H,16,17)(H,18,19). The minimum absolute atomic E-state index is 0.209. The third-order valence-corrected chi connectivity index (χ3v) is 2.81. The Morgan fingerprint density at radius 3 is 2.85 bits per heavy atom. The van der Waals surface area contributed by atoms with Crippen molar-refractivity contribution in [1.29, 1.82) is 0 Å². The quantitative estimate of drug-likeness (QED) is 0.710. The highest BCUT2D eigenvalue weighted by Crippen LogP contribution is 2.13. The molecular weight excluding hydrogens is 258 g/mol. The molecule has 1 aromatic rings. The number of carbonyl (C=O) groups is 2. The number of carboxylic acids is 1. The maximum Gasteiger partial charge on any atom is 0.326 e. The molecule has 0 saturated heterocycles. The number of ether oxygens (including phenoxy) is 1. The fourth-order valence-electron chi connectivity index (χ4n) is 1.74. The largest absolute Gasteiger partial charge is 0.497 e. The predicted octanol–water partition coefficient (Wildman–Crippen LogP) is 1.77. The third-order valence-electron chi connectivity index (χ3n) is 2.81. The molecule has 0 bridgehead atoms. The van der Waals surface area contributed by atoms with Crippen LogP contribution in [0.25, 0.3) is 0 Å². The van der Waals surface area contributed by atoms with E-state index in [-0.39, 0.29) is 18.7 Å². The molecule has 0 aromatic heterocycles. The highest BCUT2D eigenvalue weighted by atomic mass is 16.5. The van der Waals surface area contributed by atoms with Crippen LogP contribution in [-0.4, -0.2) is 30.1 Å². The molecule has 108 valence electrons. The Labute approximate surface area is 118 Å². The lowest BCUT2D eigenvalue weighted by molar-refractivity contribution is -0.141. The minimum Gasteiger partial charge on any atom is -0.497 e. The van der Waals surface area contributed by atoms with Gasteiger partial charge in [0.05, 0.1) is 7.11 Å².